The molecule has 2 aromatic rings. The maximum atomic E-state index is 12.8. The van der Waals surface area contributed by atoms with Crippen molar-refractivity contribution in [3.05, 3.63) is 29.1 Å². The molecule has 1 aromatic heterocycles. The third-order valence-corrected chi connectivity index (χ3v) is 3.00. The molecule has 98 valence electrons. The maximum Gasteiger partial charge on any atom is 0.413 e. The van der Waals surface area contributed by atoms with Gasteiger partial charge in [0.15, 0.2) is 5.54 Å². The molecule has 18 heavy (non-hydrogen) atoms. The number of aromatic amines is 1. The normalized spacial score (nSPS) is 15.9. The van der Waals surface area contributed by atoms with E-state index < -0.39 is 11.7 Å². The van der Waals surface area contributed by atoms with Gasteiger partial charge in [-0.3, -0.25) is 0 Å². The van der Waals surface area contributed by atoms with Crippen LogP contribution >= 0.6 is 0 Å². The van der Waals surface area contributed by atoms with E-state index in [9.17, 15) is 13.2 Å². The summed E-state index contributed by atoms with van der Waals surface area (Å²) < 4.78 is 38.5. The number of nitrogens with two attached hydrogens (primary N) is 1. The minimum absolute atomic E-state index is 0.265. The fraction of sp³-hybridized carbons (Fsp3) is 0.417. The number of aromatic nitrogens is 2. The zero-order chi connectivity index (χ0) is 13.7. The summed E-state index contributed by atoms with van der Waals surface area (Å²) in [6.45, 7) is 4.59. The lowest BCUT2D eigenvalue weighted by Gasteiger charge is -2.24. The summed E-state index contributed by atoms with van der Waals surface area (Å²) in [5, 5.41) is 0. The lowest BCUT2D eigenvalue weighted by Crippen LogP contribution is -2.48. The number of benzene rings is 1. The minimum atomic E-state index is -4.55. The molecule has 0 aliphatic rings. The van der Waals surface area contributed by atoms with Gasteiger partial charge in [0.1, 0.15) is 5.82 Å². The molecule has 0 radical (unpaired) electrons. The lowest BCUT2D eigenvalue weighted by atomic mass is 10.0. The highest BCUT2D eigenvalue weighted by Gasteiger charge is 2.51. The minimum Gasteiger partial charge on any atom is -0.340 e. The predicted molar refractivity (Wildman–Crippen MR) is 63.2 cm³/mol. The van der Waals surface area contributed by atoms with Crippen molar-refractivity contribution in [2.75, 3.05) is 0 Å². The van der Waals surface area contributed by atoms with Gasteiger partial charge in [0, 0.05) is 0 Å². The zero-order valence-corrected chi connectivity index (χ0v) is 10.3. The van der Waals surface area contributed by atoms with Crippen LogP contribution in [0.2, 0.25) is 0 Å². The largest absolute Gasteiger partial charge is 0.413 e. The van der Waals surface area contributed by atoms with Crippen LogP contribution < -0.4 is 5.73 Å². The van der Waals surface area contributed by atoms with Gasteiger partial charge < -0.3 is 10.7 Å². The number of aryl methyl sites for hydroxylation is 2. The summed E-state index contributed by atoms with van der Waals surface area (Å²) in [6.07, 6.45) is -4.55. The van der Waals surface area contributed by atoms with E-state index in [1.54, 1.807) is 13.0 Å². The molecule has 1 aromatic carbocycles. The van der Waals surface area contributed by atoms with Crippen molar-refractivity contribution in [2.45, 2.75) is 32.5 Å². The second-order valence-corrected chi connectivity index (χ2v) is 4.76. The molecule has 0 aliphatic heterocycles. The molecule has 3 N–H and O–H groups in total. The Bertz CT molecular complexity index is 596. The molecule has 0 spiro atoms. The SMILES string of the molecule is Cc1cc(C)c2nc(C(C)(N)C(F)(F)F)[nH]c2c1. The van der Waals surface area contributed by atoms with Crippen LogP contribution in [-0.2, 0) is 5.54 Å². The van der Waals surface area contributed by atoms with Crippen molar-refractivity contribution in [1.82, 2.24) is 9.97 Å². The van der Waals surface area contributed by atoms with Gasteiger partial charge >= 0.3 is 6.18 Å². The molecule has 0 aliphatic carbocycles. The van der Waals surface area contributed by atoms with Crippen LogP contribution in [-0.4, -0.2) is 16.1 Å². The Hall–Kier alpha value is -1.56. The van der Waals surface area contributed by atoms with Gasteiger partial charge in [0.2, 0.25) is 0 Å². The number of H-pyrrole nitrogens is 1. The van der Waals surface area contributed by atoms with Gasteiger partial charge in [-0.25, -0.2) is 4.98 Å². The van der Waals surface area contributed by atoms with E-state index in [1.807, 2.05) is 13.0 Å². The van der Waals surface area contributed by atoms with Gasteiger partial charge in [-0.15, -0.1) is 0 Å². The number of nitrogens with one attached hydrogen (secondary N) is 1. The summed E-state index contributed by atoms with van der Waals surface area (Å²) >= 11 is 0. The molecule has 3 nitrogen and oxygen atoms in total. The van der Waals surface area contributed by atoms with Crippen molar-refractivity contribution >= 4 is 11.0 Å². The fourth-order valence-electron chi connectivity index (χ4n) is 1.85. The van der Waals surface area contributed by atoms with Crippen molar-refractivity contribution in [1.29, 1.82) is 0 Å². The highest BCUT2D eigenvalue weighted by molar-refractivity contribution is 5.79. The number of hydrogen-bond donors (Lipinski definition) is 2. The third kappa shape index (κ3) is 1.86. The van der Waals surface area contributed by atoms with Gasteiger partial charge in [-0.1, -0.05) is 6.07 Å². The molecule has 1 heterocycles. The van der Waals surface area contributed by atoms with E-state index in [2.05, 4.69) is 9.97 Å². The molecule has 1 unspecified atom stereocenters. The Kier molecular flexibility index (Phi) is 2.66. The monoisotopic (exact) mass is 257 g/mol. The first-order valence-electron chi connectivity index (χ1n) is 5.46. The average molecular weight is 257 g/mol. The standard InChI is InChI=1S/C12H14F3N3/c1-6-4-7(2)9-8(5-6)17-10(18-9)11(3,16)12(13,14)15/h4-5H,16H2,1-3H3,(H,17,18). The second kappa shape index (κ2) is 3.71. The van der Waals surface area contributed by atoms with Crippen LogP contribution in [0.1, 0.15) is 23.9 Å². The van der Waals surface area contributed by atoms with E-state index >= 15 is 0 Å². The molecule has 1 atom stereocenters. The van der Waals surface area contributed by atoms with Crippen molar-refractivity contribution in [3.8, 4) is 0 Å². The number of halogens is 3. The van der Waals surface area contributed by atoms with Crippen LogP contribution in [0.15, 0.2) is 12.1 Å². The summed E-state index contributed by atoms with van der Waals surface area (Å²) in [5.74, 6) is -0.265. The third-order valence-electron chi connectivity index (χ3n) is 3.00. The quantitative estimate of drug-likeness (QED) is 0.825. The summed E-state index contributed by atoms with van der Waals surface area (Å²) in [5.41, 5.74) is 5.75. The molecular weight excluding hydrogens is 243 g/mol. The van der Waals surface area contributed by atoms with Gasteiger partial charge in [0.25, 0.3) is 0 Å². The van der Waals surface area contributed by atoms with E-state index in [0.29, 0.717) is 11.0 Å². The van der Waals surface area contributed by atoms with Crippen LogP contribution in [0.5, 0.6) is 0 Å². The zero-order valence-electron chi connectivity index (χ0n) is 10.3. The van der Waals surface area contributed by atoms with Crippen LogP contribution in [0, 0.1) is 13.8 Å². The summed E-state index contributed by atoms with van der Waals surface area (Å²) in [4.78, 5) is 6.66. The molecule has 0 amide bonds. The molecule has 6 heteroatoms. The number of alkyl halides is 3. The van der Waals surface area contributed by atoms with E-state index in [1.165, 1.54) is 0 Å². The first kappa shape index (κ1) is 12.9. The Morgan fingerprint density at radius 1 is 1.22 bits per heavy atom. The first-order valence-corrected chi connectivity index (χ1v) is 5.46. The van der Waals surface area contributed by atoms with Gasteiger partial charge in [-0.05, 0) is 38.0 Å². The van der Waals surface area contributed by atoms with Gasteiger partial charge in [0.05, 0.1) is 11.0 Å². The Morgan fingerprint density at radius 3 is 2.39 bits per heavy atom. The van der Waals surface area contributed by atoms with E-state index in [-0.39, 0.29) is 5.82 Å². The molecule has 0 bridgehead atoms. The predicted octanol–water partition coefficient (Wildman–Crippen LogP) is 2.92. The Balaban J connectivity index is 2.65. The number of nitrogens with zero attached hydrogens (tertiary/aromatic N) is 1. The van der Waals surface area contributed by atoms with E-state index in [4.69, 9.17) is 5.73 Å². The topological polar surface area (TPSA) is 54.7 Å². The fourth-order valence-corrected chi connectivity index (χ4v) is 1.85. The highest BCUT2D eigenvalue weighted by Crippen LogP contribution is 2.36. The summed E-state index contributed by atoms with van der Waals surface area (Å²) in [7, 11) is 0. The second-order valence-electron chi connectivity index (χ2n) is 4.76. The number of imidazole rings is 1. The molecule has 2 rings (SSSR count). The molecular formula is C12H14F3N3. The van der Waals surface area contributed by atoms with Crippen molar-refractivity contribution in [3.63, 3.8) is 0 Å². The van der Waals surface area contributed by atoms with Crippen LogP contribution in [0.4, 0.5) is 13.2 Å². The maximum absolute atomic E-state index is 12.8. The summed E-state index contributed by atoms with van der Waals surface area (Å²) in [6, 6.07) is 3.62. The Morgan fingerprint density at radius 2 is 1.83 bits per heavy atom. The van der Waals surface area contributed by atoms with Crippen molar-refractivity contribution in [2.24, 2.45) is 5.73 Å². The van der Waals surface area contributed by atoms with Crippen molar-refractivity contribution < 1.29 is 13.2 Å². The van der Waals surface area contributed by atoms with Gasteiger partial charge in [-0.2, -0.15) is 13.2 Å². The Labute approximate surface area is 102 Å². The average Bonchev–Trinajstić information content (AvgIpc) is 2.59. The number of fused-ring (bicyclic) bond motifs is 1. The van der Waals surface area contributed by atoms with Crippen LogP contribution in [0.25, 0.3) is 11.0 Å². The van der Waals surface area contributed by atoms with E-state index in [0.717, 1.165) is 18.1 Å². The molecule has 0 saturated heterocycles. The lowest BCUT2D eigenvalue weighted by molar-refractivity contribution is -0.186. The smallest absolute Gasteiger partial charge is 0.340 e. The highest BCUT2D eigenvalue weighted by atomic mass is 19.4. The number of rotatable bonds is 1. The molecule has 0 fully saturated rings. The number of hydrogen-bond acceptors (Lipinski definition) is 2. The van der Waals surface area contributed by atoms with Crippen LogP contribution in [0.3, 0.4) is 0 Å². The molecule has 0 saturated carbocycles. The first-order chi connectivity index (χ1) is 8.13.